The van der Waals surface area contributed by atoms with Crippen molar-refractivity contribution in [2.24, 2.45) is 0 Å². The minimum atomic E-state index is 0.665. The van der Waals surface area contributed by atoms with Crippen LogP contribution in [0.5, 0.6) is 11.5 Å². The molecule has 1 aliphatic heterocycles. The van der Waals surface area contributed by atoms with Crippen LogP contribution < -0.4 is 14.9 Å². The average Bonchev–Trinajstić information content (AvgIpc) is 2.46. The van der Waals surface area contributed by atoms with Gasteiger partial charge in [-0.2, -0.15) is 0 Å². The average molecular weight is 265 g/mol. The molecular weight excluding hydrogens is 242 g/mol. The van der Waals surface area contributed by atoms with E-state index in [0.29, 0.717) is 6.61 Å². The SMILES string of the molecule is COc1ccc(OCCNN2CCN(C)CC2)cc1. The van der Waals surface area contributed by atoms with E-state index in [2.05, 4.69) is 22.4 Å². The first kappa shape index (κ1) is 14.1. The van der Waals surface area contributed by atoms with Crippen LogP contribution in [0.2, 0.25) is 0 Å². The van der Waals surface area contributed by atoms with Crippen molar-refractivity contribution < 1.29 is 9.47 Å². The molecule has 0 spiro atoms. The van der Waals surface area contributed by atoms with Crippen LogP contribution in [-0.4, -0.2) is 63.4 Å². The van der Waals surface area contributed by atoms with Crippen LogP contribution in [0.1, 0.15) is 0 Å². The number of ether oxygens (including phenoxy) is 2. The second-order valence-electron chi connectivity index (χ2n) is 4.72. The summed E-state index contributed by atoms with van der Waals surface area (Å²) in [5.41, 5.74) is 3.39. The Morgan fingerprint density at radius 2 is 1.68 bits per heavy atom. The molecule has 1 saturated heterocycles. The molecule has 0 radical (unpaired) electrons. The summed E-state index contributed by atoms with van der Waals surface area (Å²) in [6, 6.07) is 7.66. The zero-order valence-corrected chi connectivity index (χ0v) is 11.8. The van der Waals surface area contributed by atoms with Crippen molar-refractivity contribution in [1.29, 1.82) is 0 Å². The maximum Gasteiger partial charge on any atom is 0.119 e. The van der Waals surface area contributed by atoms with Crippen LogP contribution in [0.15, 0.2) is 24.3 Å². The number of likely N-dealkylation sites (N-methyl/N-ethyl adjacent to an activating group) is 1. The quantitative estimate of drug-likeness (QED) is 0.771. The summed E-state index contributed by atoms with van der Waals surface area (Å²) in [6.45, 7) is 5.87. The maximum absolute atomic E-state index is 5.66. The van der Waals surface area contributed by atoms with Crippen LogP contribution in [0.3, 0.4) is 0 Å². The normalized spacial score (nSPS) is 17.4. The summed E-state index contributed by atoms with van der Waals surface area (Å²) in [7, 11) is 3.82. The van der Waals surface area contributed by atoms with Crippen LogP contribution in [-0.2, 0) is 0 Å². The Balaban J connectivity index is 1.61. The van der Waals surface area contributed by atoms with E-state index >= 15 is 0 Å². The van der Waals surface area contributed by atoms with Gasteiger partial charge in [0.05, 0.1) is 7.11 Å². The Morgan fingerprint density at radius 1 is 1.05 bits per heavy atom. The lowest BCUT2D eigenvalue weighted by atomic mass is 10.3. The van der Waals surface area contributed by atoms with Gasteiger partial charge in [0.1, 0.15) is 18.1 Å². The lowest BCUT2D eigenvalue weighted by molar-refractivity contribution is 0.0979. The Bertz CT molecular complexity index is 361. The molecule has 19 heavy (non-hydrogen) atoms. The molecule has 0 amide bonds. The van der Waals surface area contributed by atoms with Gasteiger partial charge in [-0.25, -0.2) is 5.01 Å². The first-order valence-corrected chi connectivity index (χ1v) is 6.72. The van der Waals surface area contributed by atoms with Gasteiger partial charge >= 0.3 is 0 Å². The van der Waals surface area contributed by atoms with Gasteiger partial charge in [-0.3, -0.25) is 5.43 Å². The summed E-state index contributed by atoms with van der Waals surface area (Å²) in [6.07, 6.45) is 0. The molecular formula is C14H23N3O2. The molecule has 0 atom stereocenters. The molecule has 1 fully saturated rings. The summed E-state index contributed by atoms with van der Waals surface area (Å²) >= 11 is 0. The first-order chi connectivity index (χ1) is 9.28. The molecule has 0 aliphatic carbocycles. The summed E-state index contributed by atoms with van der Waals surface area (Å²) in [5.74, 6) is 1.73. The fourth-order valence-corrected chi connectivity index (χ4v) is 2.01. The van der Waals surface area contributed by atoms with E-state index in [0.717, 1.165) is 44.2 Å². The van der Waals surface area contributed by atoms with Gasteiger partial charge in [-0.1, -0.05) is 0 Å². The van der Waals surface area contributed by atoms with E-state index < -0.39 is 0 Å². The number of methoxy groups -OCH3 is 1. The fourth-order valence-electron chi connectivity index (χ4n) is 2.01. The molecule has 0 aromatic heterocycles. The number of hydrogen-bond acceptors (Lipinski definition) is 5. The summed E-state index contributed by atoms with van der Waals surface area (Å²) < 4.78 is 10.8. The van der Waals surface area contributed by atoms with E-state index in [1.54, 1.807) is 7.11 Å². The number of nitrogens with one attached hydrogen (secondary N) is 1. The number of nitrogens with zero attached hydrogens (tertiary/aromatic N) is 2. The Labute approximate surface area is 115 Å². The highest BCUT2D eigenvalue weighted by Crippen LogP contribution is 2.16. The third-order valence-corrected chi connectivity index (χ3v) is 3.27. The van der Waals surface area contributed by atoms with Crippen LogP contribution in [0.4, 0.5) is 0 Å². The van der Waals surface area contributed by atoms with Gasteiger partial charge in [0.2, 0.25) is 0 Å². The first-order valence-electron chi connectivity index (χ1n) is 6.72. The number of rotatable bonds is 6. The van der Waals surface area contributed by atoms with E-state index in [1.165, 1.54) is 0 Å². The fraction of sp³-hybridized carbons (Fsp3) is 0.571. The van der Waals surface area contributed by atoms with Gasteiger partial charge in [0.15, 0.2) is 0 Å². The van der Waals surface area contributed by atoms with Crippen molar-refractivity contribution in [3.8, 4) is 11.5 Å². The molecule has 0 saturated carbocycles. The largest absolute Gasteiger partial charge is 0.497 e. The number of piperazine rings is 1. The molecule has 1 aromatic carbocycles. The van der Waals surface area contributed by atoms with Crippen LogP contribution in [0.25, 0.3) is 0 Å². The van der Waals surface area contributed by atoms with E-state index in [1.807, 2.05) is 24.3 Å². The van der Waals surface area contributed by atoms with Gasteiger partial charge in [-0.05, 0) is 31.3 Å². The van der Waals surface area contributed by atoms with Crippen molar-refractivity contribution in [3.05, 3.63) is 24.3 Å². The molecule has 2 rings (SSSR count). The molecule has 0 bridgehead atoms. The third kappa shape index (κ3) is 4.70. The maximum atomic E-state index is 5.66. The standard InChI is InChI=1S/C14H23N3O2/c1-16-8-10-17(11-9-16)15-7-12-19-14-5-3-13(18-2)4-6-14/h3-6,15H,7-12H2,1-2H3. The predicted molar refractivity (Wildman–Crippen MR) is 75.6 cm³/mol. The Kier molecular flexibility index (Phi) is 5.44. The summed E-state index contributed by atoms with van der Waals surface area (Å²) in [4.78, 5) is 2.34. The number of benzene rings is 1. The highest BCUT2D eigenvalue weighted by molar-refractivity contribution is 5.31. The zero-order valence-electron chi connectivity index (χ0n) is 11.8. The lowest BCUT2D eigenvalue weighted by Crippen LogP contribution is -2.51. The minimum absolute atomic E-state index is 0.665. The molecule has 0 unspecified atom stereocenters. The van der Waals surface area contributed by atoms with Crippen molar-refractivity contribution >= 4 is 0 Å². The Hall–Kier alpha value is -1.30. The number of hydrogen-bond donors (Lipinski definition) is 1. The topological polar surface area (TPSA) is 37.0 Å². The van der Waals surface area contributed by atoms with Crippen LogP contribution >= 0.6 is 0 Å². The van der Waals surface area contributed by atoms with Crippen molar-refractivity contribution in [2.45, 2.75) is 0 Å². The van der Waals surface area contributed by atoms with Gasteiger partial charge < -0.3 is 14.4 Å². The molecule has 1 N–H and O–H groups in total. The Morgan fingerprint density at radius 3 is 2.32 bits per heavy atom. The monoisotopic (exact) mass is 265 g/mol. The summed E-state index contributed by atoms with van der Waals surface area (Å²) in [5, 5.41) is 2.26. The van der Waals surface area contributed by atoms with Crippen molar-refractivity contribution in [1.82, 2.24) is 15.3 Å². The predicted octanol–water partition coefficient (Wildman–Crippen LogP) is 0.826. The smallest absolute Gasteiger partial charge is 0.119 e. The highest BCUT2D eigenvalue weighted by atomic mass is 16.5. The van der Waals surface area contributed by atoms with Gasteiger partial charge in [0, 0.05) is 32.7 Å². The molecule has 1 aliphatic rings. The van der Waals surface area contributed by atoms with Crippen LogP contribution in [0, 0.1) is 0 Å². The van der Waals surface area contributed by atoms with Crippen molar-refractivity contribution in [3.63, 3.8) is 0 Å². The van der Waals surface area contributed by atoms with Gasteiger partial charge in [0.25, 0.3) is 0 Å². The highest BCUT2D eigenvalue weighted by Gasteiger charge is 2.12. The molecule has 106 valence electrons. The molecule has 1 aromatic rings. The molecule has 1 heterocycles. The second kappa shape index (κ2) is 7.33. The molecule has 5 heteroatoms. The lowest BCUT2D eigenvalue weighted by Gasteiger charge is -2.32. The number of hydrazine groups is 1. The van der Waals surface area contributed by atoms with E-state index in [-0.39, 0.29) is 0 Å². The third-order valence-electron chi connectivity index (χ3n) is 3.27. The minimum Gasteiger partial charge on any atom is -0.497 e. The second-order valence-corrected chi connectivity index (χ2v) is 4.72. The zero-order chi connectivity index (χ0) is 13.5. The molecule has 5 nitrogen and oxygen atoms in total. The van der Waals surface area contributed by atoms with E-state index in [9.17, 15) is 0 Å². The van der Waals surface area contributed by atoms with Gasteiger partial charge in [-0.15, -0.1) is 0 Å². The van der Waals surface area contributed by atoms with E-state index in [4.69, 9.17) is 9.47 Å². The van der Waals surface area contributed by atoms with Crippen molar-refractivity contribution in [2.75, 3.05) is 53.5 Å².